The largest absolute Gasteiger partial charge is 0.472 e. The molecular weight excluding hydrogens is 250 g/mol. The number of hydrogen-bond acceptors (Lipinski definition) is 2. The minimum absolute atomic E-state index is 0.00428. The average Bonchev–Trinajstić information content (AvgIpc) is 3.01. The molecule has 3 rings (SSSR count). The van der Waals surface area contributed by atoms with Crippen LogP contribution in [0, 0.1) is 0 Å². The number of benzene rings is 1. The summed E-state index contributed by atoms with van der Waals surface area (Å²) in [5.41, 5.74) is 4.64. The predicted molar refractivity (Wildman–Crippen MR) is 77.7 cm³/mol. The Hall–Kier alpha value is -2.03. The second kappa shape index (κ2) is 5.53. The van der Waals surface area contributed by atoms with Crippen LogP contribution in [-0.4, -0.2) is 5.91 Å². The van der Waals surface area contributed by atoms with E-state index in [-0.39, 0.29) is 11.9 Å². The lowest BCUT2D eigenvalue weighted by atomic mass is 9.89. The first kappa shape index (κ1) is 13.0. The molecule has 1 amide bonds. The van der Waals surface area contributed by atoms with Crippen molar-refractivity contribution in [2.24, 2.45) is 0 Å². The number of fused-ring (bicyclic) bond motifs is 1. The molecular formula is C17H19NO2. The lowest BCUT2D eigenvalue weighted by Gasteiger charge is -2.19. The lowest BCUT2D eigenvalue weighted by Crippen LogP contribution is -2.26. The van der Waals surface area contributed by atoms with E-state index in [9.17, 15) is 4.79 Å². The topological polar surface area (TPSA) is 42.2 Å². The van der Waals surface area contributed by atoms with Crippen molar-refractivity contribution < 1.29 is 9.21 Å². The van der Waals surface area contributed by atoms with Crippen LogP contribution in [0.5, 0.6) is 0 Å². The van der Waals surface area contributed by atoms with Crippen LogP contribution >= 0.6 is 0 Å². The molecule has 1 unspecified atom stereocenters. The molecule has 0 bridgehead atoms. The van der Waals surface area contributed by atoms with Gasteiger partial charge in [-0.15, -0.1) is 0 Å². The fraction of sp³-hybridized carbons (Fsp3) is 0.353. The molecule has 20 heavy (non-hydrogen) atoms. The zero-order valence-electron chi connectivity index (χ0n) is 11.7. The van der Waals surface area contributed by atoms with Crippen molar-refractivity contribution in [2.45, 2.75) is 38.6 Å². The van der Waals surface area contributed by atoms with Crippen molar-refractivity contribution in [1.29, 1.82) is 0 Å². The summed E-state index contributed by atoms with van der Waals surface area (Å²) >= 11 is 0. The molecule has 1 aromatic carbocycles. The van der Waals surface area contributed by atoms with Gasteiger partial charge in [0.1, 0.15) is 6.26 Å². The molecule has 3 heteroatoms. The Bertz CT molecular complexity index is 601. The molecule has 0 aliphatic heterocycles. The normalized spacial score (nSPS) is 15.4. The monoisotopic (exact) mass is 269 g/mol. The maximum absolute atomic E-state index is 12.0. The van der Waals surface area contributed by atoms with Gasteiger partial charge >= 0.3 is 0 Å². The first-order valence-electron chi connectivity index (χ1n) is 7.19. The molecule has 0 fully saturated rings. The lowest BCUT2D eigenvalue weighted by molar-refractivity contribution is 0.0939. The number of carbonyl (C=O) groups excluding carboxylic acids is 1. The highest BCUT2D eigenvalue weighted by Gasteiger charge is 2.15. The Labute approximate surface area is 119 Å². The SMILES string of the molecule is CC(NC(=O)c1ccoc1)c1ccc2c(c1)CCCC2. The quantitative estimate of drug-likeness (QED) is 0.924. The summed E-state index contributed by atoms with van der Waals surface area (Å²) < 4.78 is 4.94. The van der Waals surface area contributed by atoms with Crippen LogP contribution in [0.3, 0.4) is 0 Å². The van der Waals surface area contributed by atoms with Crippen LogP contribution in [-0.2, 0) is 12.8 Å². The standard InChI is InChI=1S/C17H19NO2/c1-12(18-17(19)16-8-9-20-11-16)14-7-6-13-4-2-3-5-15(13)10-14/h6-12H,2-5H2,1H3,(H,18,19). The molecule has 3 nitrogen and oxygen atoms in total. The molecule has 1 heterocycles. The van der Waals surface area contributed by atoms with Crippen LogP contribution in [0.25, 0.3) is 0 Å². The summed E-state index contributed by atoms with van der Waals surface area (Å²) in [6.07, 6.45) is 7.88. The van der Waals surface area contributed by atoms with Crippen LogP contribution in [0.15, 0.2) is 41.2 Å². The van der Waals surface area contributed by atoms with E-state index in [1.165, 1.54) is 48.5 Å². The van der Waals surface area contributed by atoms with Gasteiger partial charge in [-0.1, -0.05) is 18.2 Å². The second-order valence-corrected chi connectivity index (χ2v) is 5.44. The molecule has 0 saturated carbocycles. The molecule has 1 atom stereocenters. The van der Waals surface area contributed by atoms with E-state index >= 15 is 0 Å². The first-order valence-corrected chi connectivity index (χ1v) is 7.19. The van der Waals surface area contributed by atoms with E-state index in [0.717, 1.165) is 6.42 Å². The van der Waals surface area contributed by atoms with Gasteiger partial charge in [0.25, 0.3) is 5.91 Å². The number of carbonyl (C=O) groups is 1. The minimum Gasteiger partial charge on any atom is -0.472 e. The Morgan fingerprint density at radius 2 is 2.00 bits per heavy atom. The van der Waals surface area contributed by atoms with E-state index in [2.05, 4.69) is 23.5 Å². The Balaban J connectivity index is 1.74. The summed E-state index contributed by atoms with van der Waals surface area (Å²) in [6.45, 7) is 2.02. The van der Waals surface area contributed by atoms with E-state index in [1.54, 1.807) is 6.07 Å². The average molecular weight is 269 g/mol. The van der Waals surface area contributed by atoms with Crippen molar-refractivity contribution in [2.75, 3.05) is 0 Å². The van der Waals surface area contributed by atoms with E-state index in [0.29, 0.717) is 5.56 Å². The number of rotatable bonds is 3. The van der Waals surface area contributed by atoms with Gasteiger partial charge < -0.3 is 9.73 Å². The third-order valence-electron chi connectivity index (χ3n) is 4.00. The fourth-order valence-corrected chi connectivity index (χ4v) is 2.78. The zero-order chi connectivity index (χ0) is 13.9. The fourth-order valence-electron chi connectivity index (χ4n) is 2.78. The first-order chi connectivity index (χ1) is 9.74. The van der Waals surface area contributed by atoms with Crippen LogP contribution in [0.1, 0.15) is 52.9 Å². The van der Waals surface area contributed by atoms with Crippen molar-refractivity contribution in [3.8, 4) is 0 Å². The van der Waals surface area contributed by atoms with Crippen LogP contribution < -0.4 is 5.32 Å². The number of hydrogen-bond donors (Lipinski definition) is 1. The van der Waals surface area contributed by atoms with Gasteiger partial charge in [0.15, 0.2) is 0 Å². The third-order valence-corrected chi connectivity index (χ3v) is 4.00. The molecule has 1 aliphatic carbocycles. The summed E-state index contributed by atoms with van der Waals surface area (Å²) in [6, 6.07) is 8.27. The van der Waals surface area contributed by atoms with Gasteiger partial charge in [-0.25, -0.2) is 0 Å². The molecule has 1 N–H and O–H groups in total. The third kappa shape index (κ3) is 2.62. The second-order valence-electron chi connectivity index (χ2n) is 5.44. The molecule has 104 valence electrons. The molecule has 0 spiro atoms. The zero-order valence-corrected chi connectivity index (χ0v) is 11.7. The maximum Gasteiger partial charge on any atom is 0.255 e. The van der Waals surface area contributed by atoms with Gasteiger partial charge in [-0.3, -0.25) is 4.79 Å². The van der Waals surface area contributed by atoms with E-state index in [4.69, 9.17) is 4.42 Å². The molecule has 1 aliphatic rings. The molecule has 0 radical (unpaired) electrons. The van der Waals surface area contributed by atoms with Crippen LogP contribution in [0.2, 0.25) is 0 Å². The number of aryl methyl sites for hydroxylation is 2. The smallest absolute Gasteiger partial charge is 0.255 e. The number of amides is 1. The van der Waals surface area contributed by atoms with Crippen molar-refractivity contribution in [1.82, 2.24) is 5.32 Å². The van der Waals surface area contributed by atoms with E-state index in [1.807, 2.05) is 6.92 Å². The Kier molecular flexibility index (Phi) is 3.59. The Morgan fingerprint density at radius 3 is 2.75 bits per heavy atom. The summed E-state index contributed by atoms with van der Waals surface area (Å²) in [5, 5.41) is 3.01. The van der Waals surface area contributed by atoms with Gasteiger partial charge in [0, 0.05) is 0 Å². The maximum atomic E-state index is 12.0. The summed E-state index contributed by atoms with van der Waals surface area (Å²) in [7, 11) is 0. The van der Waals surface area contributed by atoms with Gasteiger partial charge in [0.05, 0.1) is 17.9 Å². The van der Waals surface area contributed by atoms with Crippen molar-refractivity contribution >= 4 is 5.91 Å². The Morgan fingerprint density at radius 1 is 1.20 bits per heavy atom. The molecule has 0 saturated heterocycles. The molecule has 2 aromatic rings. The number of nitrogens with one attached hydrogen (secondary N) is 1. The summed E-state index contributed by atoms with van der Waals surface area (Å²) in [5.74, 6) is -0.0935. The predicted octanol–water partition coefficient (Wildman–Crippen LogP) is 3.65. The van der Waals surface area contributed by atoms with Gasteiger partial charge in [-0.2, -0.15) is 0 Å². The van der Waals surface area contributed by atoms with Crippen molar-refractivity contribution in [3.05, 3.63) is 59.0 Å². The molecule has 1 aromatic heterocycles. The highest BCUT2D eigenvalue weighted by Crippen LogP contribution is 2.24. The van der Waals surface area contributed by atoms with Gasteiger partial charge in [-0.05, 0) is 55.4 Å². The summed E-state index contributed by atoms with van der Waals surface area (Å²) in [4.78, 5) is 12.0. The van der Waals surface area contributed by atoms with Crippen molar-refractivity contribution in [3.63, 3.8) is 0 Å². The van der Waals surface area contributed by atoms with Crippen LogP contribution in [0.4, 0.5) is 0 Å². The minimum atomic E-state index is -0.0935. The number of furan rings is 1. The van der Waals surface area contributed by atoms with E-state index < -0.39 is 0 Å². The highest BCUT2D eigenvalue weighted by molar-refractivity contribution is 5.94. The highest BCUT2D eigenvalue weighted by atomic mass is 16.3. The van der Waals surface area contributed by atoms with Gasteiger partial charge in [0.2, 0.25) is 0 Å².